The van der Waals surface area contributed by atoms with Crippen LogP contribution in [-0.2, 0) is 4.79 Å². The Morgan fingerprint density at radius 2 is 1.97 bits per heavy atom. The molecule has 3 aromatic rings. The van der Waals surface area contributed by atoms with E-state index in [1.165, 1.54) is 29.2 Å². The molecule has 0 saturated carbocycles. The Kier molecular flexibility index (Phi) is 5.24. The van der Waals surface area contributed by atoms with Crippen LogP contribution in [0.4, 0.5) is 11.4 Å². The van der Waals surface area contributed by atoms with Crippen LogP contribution in [0.5, 0.6) is 0 Å². The van der Waals surface area contributed by atoms with Crippen LogP contribution in [-0.4, -0.2) is 34.2 Å². The number of fused-ring (bicyclic) bond motifs is 1. The predicted octanol–water partition coefficient (Wildman–Crippen LogP) is 3.25. The first-order valence-electron chi connectivity index (χ1n) is 9.74. The van der Waals surface area contributed by atoms with Crippen molar-refractivity contribution in [3.8, 4) is 0 Å². The summed E-state index contributed by atoms with van der Waals surface area (Å²) in [7, 11) is 0. The van der Waals surface area contributed by atoms with Gasteiger partial charge in [0.25, 0.3) is 11.6 Å². The second kappa shape index (κ2) is 8.02. The van der Waals surface area contributed by atoms with Gasteiger partial charge in [0.2, 0.25) is 5.91 Å². The third-order valence-corrected chi connectivity index (χ3v) is 5.34. The second-order valence-electron chi connectivity index (χ2n) is 7.41. The standard InChI is InChI=1S/C22H19N3O6/c1-13-11-15(4-7-17(13)25(29)30)22(28)24-10-2-3-18(24)21(27)23-16-6-8-19-14(12-16)5-9-20(26)31-19/h4-9,11-12,18H,2-3,10H2,1H3,(H,23,27). The first-order chi connectivity index (χ1) is 14.8. The SMILES string of the molecule is Cc1cc(C(=O)N2CCCC2C(=O)Nc2ccc3oc(=O)ccc3c2)ccc1[N+](=O)[O-]. The van der Waals surface area contributed by atoms with Gasteiger partial charge in [-0.1, -0.05) is 0 Å². The average Bonchev–Trinajstić information content (AvgIpc) is 3.23. The zero-order chi connectivity index (χ0) is 22.1. The molecule has 1 fully saturated rings. The number of nitrogens with zero attached hydrogens (tertiary/aromatic N) is 2. The fourth-order valence-corrected chi connectivity index (χ4v) is 3.82. The first-order valence-corrected chi connectivity index (χ1v) is 9.74. The number of hydrogen-bond acceptors (Lipinski definition) is 6. The average molecular weight is 421 g/mol. The summed E-state index contributed by atoms with van der Waals surface area (Å²) in [5.41, 5.74) is 1.13. The number of carbonyl (C=O) groups excluding carboxylic acids is 2. The number of nitro groups is 1. The lowest BCUT2D eigenvalue weighted by atomic mass is 10.1. The van der Waals surface area contributed by atoms with Gasteiger partial charge in [0.1, 0.15) is 11.6 Å². The molecule has 1 N–H and O–H groups in total. The fraction of sp³-hybridized carbons (Fsp3) is 0.227. The number of likely N-dealkylation sites (tertiary alicyclic amines) is 1. The van der Waals surface area contributed by atoms with Gasteiger partial charge >= 0.3 is 5.63 Å². The molecule has 1 atom stereocenters. The fourth-order valence-electron chi connectivity index (χ4n) is 3.82. The van der Waals surface area contributed by atoms with Crippen molar-refractivity contribution in [1.82, 2.24) is 4.90 Å². The zero-order valence-electron chi connectivity index (χ0n) is 16.7. The lowest BCUT2D eigenvalue weighted by Gasteiger charge is -2.24. The number of benzene rings is 2. The summed E-state index contributed by atoms with van der Waals surface area (Å²) in [6, 6.07) is 11.4. The molecule has 4 rings (SSSR count). The van der Waals surface area contributed by atoms with Crippen LogP contribution in [0.2, 0.25) is 0 Å². The van der Waals surface area contributed by atoms with E-state index in [9.17, 15) is 24.5 Å². The molecule has 158 valence electrons. The third-order valence-electron chi connectivity index (χ3n) is 5.34. The Hall–Kier alpha value is -4.01. The highest BCUT2D eigenvalue weighted by atomic mass is 16.6. The quantitative estimate of drug-likeness (QED) is 0.392. The Morgan fingerprint density at radius 3 is 2.71 bits per heavy atom. The number of rotatable bonds is 4. The maximum absolute atomic E-state index is 13.0. The Balaban J connectivity index is 1.52. The van der Waals surface area contributed by atoms with Crippen molar-refractivity contribution >= 4 is 34.2 Å². The molecule has 1 saturated heterocycles. The Bertz CT molecular complexity index is 1270. The first kappa shape index (κ1) is 20.3. The Morgan fingerprint density at radius 1 is 1.16 bits per heavy atom. The van der Waals surface area contributed by atoms with Gasteiger partial charge in [-0.15, -0.1) is 0 Å². The molecule has 9 nitrogen and oxygen atoms in total. The molecule has 1 aromatic heterocycles. The number of hydrogen-bond donors (Lipinski definition) is 1. The number of carbonyl (C=O) groups is 2. The summed E-state index contributed by atoms with van der Waals surface area (Å²) in [5.74, 6) is -0.655. The van der Waals surface area contributed by atoms with Crippen molar-refractivity contribution in [1.29, 1.82) is 0 Å². The van der Waals surface area contributed by atoms with Gasteiger partial charge < -0.3 is 14.6 Å². The van der Waals surface area contributed by atoms with E-state index in [2.05, 4.69) is 5.32 Å². The van der Waals surface area contributed by atoms with Crippen molar-refractivity contribution in [3.05, 3.63) is 80.2 Å². The lowest BCUT2D eigenvalue weighted by molar-refractivity contribution is -0.385. The van der Waals surface area contributed by atoms with Crippen LogP contribution < -0.4 is 10.9 Å². The number of nitro benzene ring substituents is 1. The van der Waals surface area contributed by atoms with E-state index in [-0.39, 0.29) is 17.5 Å². The van der Waals surface area contributed by atoms with Crippen LogP contribution >= 0.6 is 0 Å². The largest absolute Gasteiger partial charge is 0.423 e. The van der Waals surface area contributed by atoms with Crippen LogP contribution in [0.1, 0.15) is 28.8 Å². The van der Waals surface area contributed by atoms with Gasteiger partial charge in [0.05, 0.1) is 4.92 Å². The highest BCUT2D eigenvalue weighted by molar-refractivity contribution is 6.02. The summed E-state index contributed by atoms with van der Waals surface area (Å²) < 4.78 is 5.09. The van der Waals surface area contributed by atoms with Gasteiger partial charge in [0, 0.05) is 40.9 Å². The maximum atomic E-state index is 13.0. The molecule has 2 aromatic carbocycles. The van der Waals surface area contributed by atoms with Crippen molar-refractivity contribution in [2.24, 2.45) is 0 Å². The topological polar surface area (TPSA) is 123 Å². The summed E-state index contributed by atoms with van der Waals surface area (Å²) >= 11 is 0. The molecule has 0 radical (unpaired) electrons. The highest BCUT2D eigenvalue weighted by Crippen LogP contribution is 2.25. The minimum Gasteiger partial charge on any atom is -0.423 e. The highest BCUT2D eigenvalue weighted by Gasteiger charge is 2.35. The molecule has 0 bridgehead atoms. The summed E-state index contributed by atoms with van der Waals surface area (Å²) in [5, 5.41) is 14.5. The van der Waals surface area contributed by atoms with E-state index in [0.29, 0.717) is 47.2 Å². The molecule has 2 heterocycles. The molecule has 2 amide bonds. The van der Waals surface area contributed by atoms with Crippen molar-refractivity contribution in [3.63, 3.8) is 0 Å². The Labute approximate surface area is 176 Å². The molecular formula is C22H19N3O6. The van der Waals surface area contributed by atoms with Crippen LogP contribution in [0, 0.1) is 17.0 Å². The van der Waals surface area contributed by atoms with E-state index >= 15 is 0 Å². The lowest BCUT2D eigenvalue weighted by Crippen LogP contribution is -2.43. The summed E-state index contributed by atoms with van der Waals surface area (Å²) in [6.07, 6.45) is 1.20. The van der Waals surface area contributed by atoms with Crippen LogP contribution in [0.15, 0.2) is 57.7 Å². The molecule has 1 aliphatic heterocycles. The van der Waals surface area contributed by atoms with E-state index in [0.717, 1.165) is 0 Å². The van der Waals surface area contributed by atoms with E-state index in [1.54, 1.807) is 31.2 Å². The number of amides is 2. The maximum Gasteiger partial charge on any atom is 0.336 e. The van der Waals surface area contributed by atoms with Gasteiger partial charge in [-0.3, -0.25) is 19.7 Å². The van der Waals surface area contributed by atoms with Crippen molar-refractivity contribution in [2.45, 2.75) is 25.8 Å². The molecule has 31 heavy (non-hydrogen) atoms. The molecule has 1 unspecified atom stereocenters. The van der Waals surface area contributed by atoms with Crippen LogP contribution in [0.25, 0.3) is 11.0 Å². The molecule has 0 aliphatic carbocycles. The van der Waals surface area contributed by atoms with E-state index in [4.69, 9.17) is 4.42 Å². The summed E-state index contributed by atoms with van der Waals surface area (Å²) in [6.45, 7) is 2.00. The zero-order valence-corrected chi connectivity index (χ0v) is 16.7. The van der Waals surface area contributed by atoms with E-state index in [1.807, 2.05) is 0 Å². The number of aryl methyl sites for hydroxylation is 1. The third kappa shape index (κ3) is 4.02. The van der Waals surface area contributed by atoms with Crippen molar-refractivity contribution < 1.29 is 18.9 Å². The smallest absolute Gasteiger partial charge is 0.336 e. The van der Waals surface area contributed by atoms with Gasteiger partial charge in [0.15, 0.2) is 0 Å². The van der Waals surface area contributed by atoms with Gasteiger partial charge in [-0.2, -0.15) is 0 Å². The molecule has 1 aliphatic rings. The molecule has 0 spiro atoms. The van der Waals surface area contributed by atoms with Gasteiger partial charge in [-0.25, -0.2) is 4.79 Å². The predicted molar refractivity (Wildman–Crippen MR) is 113 cm³/mol. The monoisotopic (exact) mass is 421 g/mol. The van der Waals surface area contributed by atoms with Crippen LogP contribution in [0.3, 0.4) is 0 Å². The number of nitrogens with one attached hydrogen (secondary N) is 1. The normalized spacial score (nSPS) is 15.8. The van der Waals surface area contributed by atoms with Gasteiger partial charge in [-0.05, 0) is 56.2 Å². The number of anilines is 1. The molecule has 9 heteroatoms. The van der Waals surface area contributed by atoms with Crippen molar-refractivity contribution in [2.75, 3.05) is 11.9 Å². The van der Waals surface area contributed by atoms with E-state index < -0.39 is 16.6 Å². The minimum absolute atomic E-state index is 0.0561. The minimum atomic E-state index is -0.646. The second-order valence-corrected chi connectivity index (χ2v) is 7.41. The summed E-state index contributed by atoms with van der Waals surface area (Å²) in [4.78, 5) is 49.2. The molecular weight excluding hydrogens is 402 g/mol.